The Morgan fingerprint density at radius 1 is 1.21 bits per heavy atom. The van der Waals surface area contributed by atoms with Crippen LogP contribution in [0.3, 0.4) is 0 Å². The van der Waals surface area contributed by atoms with Crippen LogP contribution in [0.1, 0.15) is 42.0 Å². The van der Waals surface area contributed by atoms with Crippen LogP contribution >= 0.6 is 0 Å². The molecule has 1 amide bonds. The van der Waals surface area contributed by atoms with Crippen molar-refractivity contribution in [3.63, 3.8) is 0 Å². The zero-order valence-electron chi connectivity index (χ0n) is 14.1. The van der Waals surface area contributed by atoms with Crippen molar-refractivity contribution in [3.05, 3.63) is 48.3 Å². The van der Waals surface area contributed by atoms with Gasteiger partial charge in [-0.15, -0.1) is 0 Å². The monoisotopic (exact) mass is 328 g/mol. The molecule has 1 atom stereocenters. The Labute approximate surface area is 142 Å². The van der Waals surface area contributed by atoms with Gasteiger partial charge in [0.25, 0.3) is 5.91 Å². The lowest BCUT2D eigenvalue weighted by atomic mass is 9.58. The molecule has 4 rings (SSSR count). The topological polar surface area (TPSA) is 49.8 Å². The van der Waals surface area contributed by atoms with E-state index in [-0.39, 0.29) is 5.91 Å². The van der Waals surface area contributed by atoms with Crippen molar-refractivity contribution in [2.75, 3.05) is 20.1 Å². The summed E-state index contributed by atoms with van der Waals surface area (Å²) in [5.74, 6) is 1.49. The summed E-state index contributed by atoms with van der Waals surface area (Å²) in [5, 5.41) is 0. The average molecular weight is 328 g/mol. The summed E-state index contributed by atoms with van der Waals surface area (Å²) in [6.07, 6.45) is 7.95. The van der Waals surface area contributed by atoms with Gasteiger partial charge in [0.15, 0.2) is 5.76 Å². The van der Waals surface area contributed by atoms with E-state index in [4.69, 9.17) is 8.83 Å². The third kappa shape index (κ3) is 2.67. The van der Waals surface area contributed by atoms with Crippen molar-refractivity contribution in [3.8, 4) is 0 Å². The van der Waals surface area contributed by atoms with Crippen LogP contribution in [0.25, 0.3) is 0 Å². The molecule has 1 saturated carbocycles. The molecule has 0 unspecified atom stereocenters. The summed E-state index contributed by atoms with van der Waals surface area (Å²) in [5.41, 5.74) is 0.362. The Morgan fingerprint density at radius 3 is 2.54 bits per heavy atom. The molecule has 128 valence electrons. The summed E-state index contributed by atoms with van der Waals surface area (Å²) in [6, 6.07) is 8.08. The minimum atomic E-state index is 0.0228. The maximum Gasteiger partial charge on any atom is 0.289 e. The van der Waals surface area contributed by atoms with E-state index in [2.05, 4.69) is 11.9 Å². The van der Waals surface area contributed by atoms with Gasteiger partial charge in [0.1, 0.15) is 5.76 Å². The Morgan fingerprint density at radius 2 is 1.96 bits per heavy atom. The number of hydrogen-bond donors (Lipinski definition) is 0. The molecule has 1 aliphatic heterocycles. The predicted octanol–water partition coefficient (Wildman–Crippen LogP) is 3.39. The molecule has 2 fully saturated rings. The Balaban J connectivity index is 1.36. The largest absolute Gasteiger partial charge is 0.468 e. The minimum absolute atomic E-state index is 0.0228. The second-order valence-electron chi connectivity index (χ2n) is 7.18. The van der Waals surface area contributed by atoms with Gasteiger partial charge >= 0.3 is 0 Å². The van der Waals surface area contributed by atoms with E-state index in [1.807, 2.05) is 17.0 Å². The van der Waals surface area contributed by atoms with Gasteiger partial charge in [-0.1, -0.05) is 0 Å². The number of likely N-dealkylation sites (tertiary alicyclic amines) is 1. The quantitative estimate of drug-likeness (QED) is 0.863. The molecule has 1 saturated heterocycles. The molecule has 0 radical (unpaired) electrons. The lowest BCUT2D eigenvalue weighted by molar-refractivity contribution is -0.0593. The summed E-state index contributed by atoms with van der Waals surface area (Å²) < 4.78 is 10.7. The van der Waals surface area contributed by atoms with Gasteiger partial charge in [0.2, 0.25) is 0 Å². The van der Waals surface area contributed by atoms with Crippen LogP contribution in [-0.4, -0.2) is 41.9 Å². The summed E-state index contributed by atoms with van der Waals surface area (Å²) in [7, 11) is 2.19. The molecule has 1 spiro atoms. The van der Waals surface area contributed by atoms with Crippen molar-refractivity contribution in [2.45, 2.75) is 38.3 Å². The SMILES string of the molecule is CN(Cc1ccco1)[C@@H]1CCC12CCN(C(=O)c1ccco1)CC2. The van der Waals surface area contributed by atoms with Crippen LogP contribution < -0.4 is 0 Å². The van der Waals surface area contributed by atoms with Gasteiger partial charge in [0.05, 0.1) is 19.1 Å². The fourth-order valence-corrected chi connectivity index (χ4v) is 4.42. The molecule has 0 N–H and O–H groups in total. The number of nitrogens with zero attached hydrogens (tertiary/aromatic N) is 2. The number of amides is 1. The molecule has 1 aliphatic carbocycles. The zero-order valence-corrected chi connectivity index (χ0v) is 14.1. The number of carbonyl (C=O) groups is 1. The van der Waals surface area contributed by atoms with Gasteiger partial charge in [-0.05, 0) is 62.4 Å². The van der Waals surface area contributed by atoms with Gasteiger partial charge in [-0.3, -0.25) is 9.69 Å². The molecule has 2 aromatic heterocycles. The van der Waals surface area contributed by atoms with Crippen molar-refractivity contribution < 1.29 is 13.6 Å². The third-order valence-electron chi connectivity index (χ3n) is 5.92. The van der Waals surface area contributed by atoms with Crippen molar-refractivity contribution in [1.82, 2.24) is 9.80 Å². The molecule has 0 aromatic carbocycles. The normalized spacial score (nSPS) is 22.8. The summed E-state index contributed by atoms with van der Waals surface area (Å²) >= 11 is 0. The second kappa shape index (κ2) is 6.13. The molecule has 3 heterocycles. The Kier molecular flexibility index (Phi) is 3.96. The first-order chi connectivity index (χ1) is 11.7. The van der Waals surface area contributed by atoms with Gasteiger partial charge in [-0.25, -0.2) is 0 Å². The Bertz CT molecular complexity index is 670. The van der Waals surface area contributed by atoms with E-state index in [0.29, 0.717) is 17.2 Å². The van der Waals surface area contributed by atoms with E-state index < -0.39 is 0 Å². The average Bonchev–Trinajstić information content (AvgIpc) is 3.26. The first-order valence-corrected chi connectivity index (χ1v) is 8.73. The molecule has 2 aliphatic rings. The highest BCUT2D eigenvalue weighted by molar-refractivity contribution is 5.91. The molecule has 0 bridgehead atoms. The third-order valence-corrected chi connectivity index (χ3v) is 5.92. The standard InChI is InChI=1S/C19H24N2O3/c1-20(14-15-4-2-12-23-15)17-6-7-19(17)8-10-21(11-9-19)18(22)16-5-3-13-24-16/h2-5,12-13,17H,6-11,14H2,1H3/t17-/m1/s1. The van der Waals surface area contributed by atoms with Gasteiger partial charge in [0, 0.05) is 19.1 Å². The van der Waals surface area contributed by atoms with Crippen LogP contribution in [0.4, 0.5) is 0 Å². The predicted molar refractivity (Wildman–Crippen MR) is 89.5 cm³/mol. The number of carbonyl (C=O) groups excluding carboxylic acids is 1. The minimum Gasteiger partial charge on any atom is -0.468 e. The molecule has 5 nitrogen and oxygen atoms in total. The Hall–Kier alpha value is -2.01. The van der Waals surface area contributed by atoms with Crippen LogP contribution in [0.2, 0.25) is 0 Å². The van der Waals surface area contributed by atoms with E-state index >= 15 is 0 Å². The molecular formula is C19H24N2O3. The van der Waals surface area contributed by atoms with Gasteiger partial charge < -0.3 is 13.7 Å². The van der Waals surface area contributed by atoms with E-state index in [0.717, 1.165) is 38.2 Å². The smallest absolute Gasteiger partial charge is 0.289 e. The number of furan rings is 2. The fourth-order valence-electron chi connectivity index (χ4n) is 4.42. The summed E-state index contributed by atoms with van der Waals surface area (Å²) in [4.78, 5) is 16.8. The second-order valence-corrected chi connectivity index (χ2v) is 7.18. The number of piperidine rings is 1. The molecule has 24 heavy (non-hydrogen) atoms. The maximum absolute atomic E-state index is 12.4. The van der Waals surface area contributed by atoms with Gasteiger partial charge in [-0.2, -0.15) is 0 Å². The maximum atomic E-state index is 12.4. The van der Waals surface area contributed by atoms with E-state index in [9.17, 15) is 4.79 Å². The van der Waals surface area contributed by atoms with Crippen LogP contribution in [0, 0.1) is 5.41 Å². The number of hydrogen-bond acceptors (Lipinski definition) is 4. The molecule has 2 aromatic rings. The van der Waals surface area contributed by atoms with E-state index in [1.165, 1.54) is 12.8 Å². The number of rotatable bonds is 4. The molecule has 5 heteroatoms. The van der Waals surface area contributed by atoms with Crippen molar-refractivity contribution >= 4 is 5.91 Å². The fraction of sp³-hybridized carbons (Fsp3) is 0.526. The van der Waals surface area contributed by atoms with Crippen LogP contribution in [-0.2, 0) is 6.54 Å². The highest BCUT2D eigenvalue weighted by Gasteiger charge is 2.50. The lowest BCUT2D eigenvalue weighted by Gasteiger charge is -2.56. The zero-order chi connectivity index (χ0) is 16.6. The lowest BCUT2D eigenvalue weighted by Crippen LogP contribution is -2.58. The first kappa shape index (κ1) is 15.5. The van der Waals surface area contributed by atoms with Crippen LogP contribution in [0.5, 0.6) is 0 Å². The van der Waals surface area contributed by atoms with Crippen molar-refractivity contribution in [2.24, 2.45) is 5.41 Å². The van der Waals surface area contributed by atoms with Crippen LogP contribution in [0.15, 0.2) is 45.6 Å². The van der Waals surface area contributed by atoms with Crippen molar-refractivity contribution in [1.29, 1.82) is 0 Å². The first-order valence-electron chi connectivity index (χ1n) is 8.73. The highest BCUT2D eigenvalue weighted by Crippen LogP contribution is 2.51. The molecular weight excluding hydrogens is 304 g/mol. The highest BCUT2D eigenvalue weighted by atomic mass is 16.3. The van der Waals surface area contributed by atoms with E-state index in [1.54, 1.807) is 24.7 Å². The summed E-state index contributed by atoms with van der Waals surface area (Å²) in [6.45, 7) is 2.50.